The lowest BCUT2D eigenvalue weighted by Crippen LogP contribution is -2.05. The summed E-state index contributed by atoms with van der Waals surface area (Å²) in [5.41, 5.74) is 1.82. The Morgan fingerprint density at radius 2 is 1.78 bits per heavy atom. The maximum Gasteiger partial charge on any atom is 0.363 e. The third-order valence-electron chi connectivity index (χ3n) is 3.10. The number of aliphatic imine (C=N–C) groups is 1. The summed E-state index contributed by atoms with van der Waals surface area (Å²) in [6.45, 7) is 0. The van der Waals surface area contributed by atoms with E-state index in [9.17, 15) is 4.79 Å². The van der Waals surface area contributed by atoms with Crippen molar-refractivity contribution in [1.29, 1.82) is 0 Å². The molecule has 0 saturated heterocycles. The van der Waals surface area contributed by atoms with E-state index >= 15 is 0 Å². The standard InChI is InChI=1S/C18H11BrClNO2/c19-13(10-12-6-2-1-3-7-12)11-16-18(22)23-17(21-16)14-8-4-5-9-15(14)20/h1-11H/b13-10-,16-11-. The lowest BCUT2D eigenvalue weighted by molar-refractivity contribution is -0.130. The molecular weight excluding hydrogens is 378 g/mol. The van der Waals surface area contributed by atoms with E-state index in [4.69, 9.17) is 16.3 Å². The summed E-state index contributed by atoms with van der Waals surface area (Å²) in [6, 6.07) is 16.8. The van der Waals surface area contributed by atoms with Crippen molar-refractivity contribution in [2.45, 2.75) is 0 Å². The Morgan fingerprint density at radius 3 is 2.52 bits per heavy atom. The average Bonchev–Trinajstić information content (AvgIpc) is 2.89. The maximum atomic E-state index is 12.0. The molecule has 1 heterocycles. The highest BCUT2D eigenvalue weighted by molar-refractivity contribution is 9.12. The Labute approximate surface area is 147 Å². The van der Waals surface area contributed by atoms with E-state index in [1.54, 1.807) is 24.3 Å². The van der Waals surface area contributed by atoms with Crippen LogP contribution in [0.25, 0.3) is 6.08 Å². The predicted octanol–water partition coefficient (Wildman–Crippen LogP) is 4.96. The Bertz CT molecular complexity index is 841. The summed E-state index contributed by atoms with van der Waals surface area (Å²) < 4.78 is 5.92. The van der Waals surface area contributed by atoms with E-state index < -0.39 is 5.97 Å². The van der Waals surface area contributed by atoms with Crippen LogP contribution in [0, 0.1) is 0 Å². The second-order valence-corrected chi connectivity index (χ2v) is 6.08. The van der Waals surface area contributed by atoms with Crippen LogP contribution in [0.1, 0.15) is 11.1 Å². The van der Waals surface area contributed by atoms with Gasteiger partial charge in [0.2, 0.25) is 5.90 Å². The minimum Gasteiger partial charge on any atom is -0.402 e. The van der Waals surface area contributed by atoms with E-state index in [0.29, 0.717) is 10.6 Å². The summed E-state index contributed by atoms with van der Waals surface area (Å²) in [4.78, 5) is 16.2. The van der Waals surface area contributed by atoms with Gasteiger partial charge in [0.1, 0.15) is 0 Å². The minimum atomic E-state index is -0.502. The number of benzene rings is 2. The highest BCUT2D eigenvalue weighted by atomic mass is 79.9. The number of cyclic esters (lactones) is 1. The van der Waals surface area contributed by atoms with Crippen LogP contribution in [0.3, 0.4) is 0 Å². The zero-order chi connectivity index (χ0) is 16.2. The summed E-state index contributed by atoms with van der Waals surface area (Å²) in [5, 5.41) is 0.485. The third-order valence-corrected chi connectivity index (χ3v) is 3.89. The van der Waals surface area contributed by atoms with Crippen molar-refractivity contribution in [3.05, 3.63) is 87.0 Å². The highest BCUT2D eigenvalue weighted by Gasteiger charge is 2.25. The molecule has 1 aliphatic rings. The molecule has 3 nitrogen and oxygen atoms in total. The first-order valence-electron chi connectivity index (χ1n) is 6.83. The van der Waals surface area contributed by atoms with Crippen molar-refractivity contribution >= 4 is 45.5 Å². The number of rotatable bonds is 3. The molecule has 0 amide bonds. The molecule has 0 N–H and O–H groups in total. The van der Waals surface area contributed by atoms with Gasteiger partial charge in [-0.3, -0.25) is 0 Å². The van der Waals surface area contributed by atoms with E-state index in [0.717, 1.165) is 10.0 Å². The fourth-order valence-corrected chi connectivity index (χ4v) is 2.74. The van der Waals surface area contributed by atoms with Crippen molar-refractivity contribution in [3.8, 4) is 0 Å². The van der Waals surface area contributed by atoms with Crippen molar-refractivity contribution in [2.75, 3.05) is 0 Å². The van der Waals surface area contributed by atoms with Gasteiger partial charge in [-0.25, -0.2) is 9.79 Å². The summed E-state index contributed by atoms with van der Waals surface area (Å²) in [5.74, 6) is -0.287. The number of hydrogen-bond acceptors (Lipinski definition) is 3. The number of carbonyl (C=O) groups is 1. The first-order chi connectivity index (χ1) is 11.1. The average molecular weight is 389 g/mol. The highest BCUT2D eigenvalue weighted by Crippen LogP contribution is 2.24. The molecule has 0 aliphatic carbocycles. The third kappa shape index (κ3) is 3.78. The first-order valence-corrected chi connectivity index (χ1v) is 8.00. The lowest BCUT2D eigenvalue weighted by atomic mass is 10.2. The molecule has 0 fully saturated rings. The molecule has 1 aliphatic heterocycles. The molecule has 0 spiro atoms. The van der Waals surface area contributed by atoms with Gasteiger partial charge in [0, 0.05) is 4.48 Å². The van der Waals surface area contributed by atoms with Gasteiger partial charge in [-0.2, -0.15) is 0 Å². The molecular formula is C18H11BrClNO2. The second kappa shape index (κ2) is 6.94. The van der Waals surface area contributed by atoms with Crippen molar-refractivity contribution in [2.24, 2.45) is 4.99 Å². The van der Waals surface area contributed by atoms with Crippen LogP contribution >= 0.6 is 27.5 Å². The molecule has 5 heteroatoms. The lowest BCUT2D eigenvalue weighted by Gasteiger charge is -2.00. The van der Waals surface area contributed by atoms with Gasteiger partial charge in [0.15, 0.2) is 5.70 Å². The maximum absolute atomic E-state index is 12.0. The molecule has 0 bridgehead atoms. The molecule has 3 rings (SSSR count). The van der Waals surface area contributed by atoms with Gasteiger partial charge in [0.05, 0.1) is 10.6 Å². The topological polar surface area (TPSA) is 38.7 Å². The Kier molecular flexibility index (Phi) is 4.74. The Balaban J connectivity index is 1.89. The SMILES string of the molecule is O=C1OC(c2ccccc2Cl)=N/C1=C\C(Br)=C\c1ccccc1. The molecule has 23 heavy (non-hydrogen) atoms. The van der Waals surface area contributed by atoms with Crippen molar-refractivity contribution < 1.29 is 9.53 Å². The molecule has 2 aromatic rings. The predicted molar refractivity (Wildman–Crippen MR) is 95.5 cm³/mol. The van der Waals surface area contributed by atoms with E-state index in [1.807, 2.05) is 42.5 Å². The van der Waals surface area contributed by atoms with Gasteiger partial charge < -0.3 is 4.74 Å². The molecule has 0 aromatic heterocycles. The van der Waals surface area contributed by atoms with Crippen LogP contribution in [-0.4, -0.2) is 11.9 Å². The van der Waals surface area contributed by atoms with Crippen LogP contribution in [-0.2, 0) is 9.53 Å². The van der Waals surface area contributed by atoms with Crippen LogP contribution in [0.2, 0.25) is 5.02 Å². The number of carbonyl (C=O) groups excluding carboxylic acids is 1. The normalized spacial score (nSPS) is 16.4. The van der Waals surface area contributed by atoms with Crippen LogP contribution in [0.15, 0.2) is 75.8 Å². The monoisotopic (exact) mass is 387 g/mol. The molecule has 0 unspecified atom stereocenters. The van der Waals surface area contributed by atoms with E-state index in [-0.39, 0.29) is 11.6 Å². The number of halogens is 2. The minimum absolute atomic E-state index is 0.215. The fourth-order valence-electron chi connectivity index (χ4n) is 2.04. The largest absolute Gasteiger partial charge is 0.402 e. The fraction of sp³-hybridized carbons (Fsp3) is 0. The molecule has 0 saturated carbocycles. The quantitative estimate of drug-likeness (QED) is 0.550. The van der Waals surface area contributed by atoms with Crippen LogP contribution < -0.4 is 0 Å². The molecule has 2 aromatic carbocycles. The van der Waals surface area contributed by atoms with Crippen molar-refractivity contribution in [1.82, 2.24) is 0 Å². The number of ether oxygens (including phenoxy) is 1. The van der Waals surface area contributed by atoms with E-state index in [2.05, 4.69) is 20.9 Å². The van der Waals surface area contributed by atoms with Gasteiger partial charge in [-0.05, 0) is 29.8 Å². The smallest absolute Gasteiger partial charge is 0.363 e. The van der Waals surface area contributed by atoms with Crippen molar-refractivity contribution in [3.63, 3.8) is 0 Å². The molecule has 0 radical (unpaired) electrons. The van der Waals surface area contributed by atoms with Gasteiger partial charge in [-0.1, -0.05) is 70.0 Å². The Morgan fingerprint density at radius 1 is 1.09 bits per heavy atom. The number of hydrogen-bond donors (Lipinski definition) is 0. The molecule has 0 atom stereocenters. The van der Waals surface area contributed by atoms with Crippen LogP contribution in [0.5, 0.6) is 0 Å². The summed E-state index contributed by atoms with van der Waals surface area (Å²) in [6.07, 6.45) is 3.52. The number of allylic oxidation sites excluding steroid dienone is 2. The van der Waals surface area contributed by atoms with Gasteiger partial charge >= 0.3 is 5.97 Å². The van der Waals surface area contributed by atoms with Crippen LogP contribution in [0.4, 0.5) is 0 Å². The van der Waals surface area contributed by atoms with Gasteiger partial charge in [0.25, 0.3) is 0 Å². The van der Waals surface area contributed by atoms with E-state index in [1.165, 1.54) is 0 Å². The summed E-state index contributed by atoms with van der Waals surface area (Å²) >= 11 is 9.52. The van der Waals surface area contributed by atoms with Gasteiger partial charge in [-0.15, -0.1) is 0 Å². The molecule has 114 valence electrons. The first kappa shape index (κ1) is 15.7. The second-order valence-electron chi connectivity index (χ2n) is 4.76. The zero-order valence-electron chi connectivity index (χ0n) is 11.9. The summed E-state index contributed by atoms with van der Waals surface area (Å²) in [7, 11) is 0. The number of nitrogens with zero attached hydrogens (tertiary/aromatic N) is 1. The zero-order valence-corrected chi connectivity index (χ0v) is 14.2. The Hall–Kier alpha value is -2.17. The number of esters is 1.